The van der Waals surface area contributed by atoms with E-state index in [1.807, 2.05) is 6.92 Å². The van der Waals surface area contributed by atoms with E-state index >= 15 is 0 Å². The van der Waals surface area contributed by atoms with Crippen molar-refractivity contribution >= 4 is 40.3 Å². The van der Waals surface area contributed by atoms with Crippen molar-refractivity contribution in [3.8, 4) is 0 Å². The van der Waals surface area contributed by atoms with Crippen LogP contribution in [0.4, 0.5) is 10.1 Å². The Labute approximate surface area is 208 Å². The lowest BCUT2D eigenvalue weighted by Gasteiger charge is -2.27. The summed E-state index contributed by atoms with van der Waals surface area (Å²) in [4.78, 5) is 45.9. The van der Waals surface area contributed by atoms with Gasteiger partial charge in [0.15, 0.2) is 5.17 Å². The molecule has 2 aliphatic heterocycles. The summed E-state index contributed by atoms with van der Waals surface area (Å²) in [5, 5.41) is 3.00. The average Bonchev–Trinajstić information content (AvgIpc) is 3.23. The second-order valence-electron chi connectivity index (χ2n) is 8.86. The Bertz CT molecular complexity index is 1130. The SMILES string of the molecule is CC(c1ccc(F)cc1)N(C)C(=O)c1cccc(NC(=O)CC2SC(N3CCCCC3)=NC2=O)c1. The fourth-order valence-electron chi connectivity index (χ4n) is 4.18. The highest BCUT2D eigenvalue weighted by Crippen LogP contribution is 2.29. The predicted octanol–water partition coefficient (Wildman–Crippen LogP) is 4.47. The molecule has 184 valence electrons. The molecule has 0 bridgehead atoms. The Balaban J connectivity index is 1.34. The van der Waals surface area contributed by atoms with Crippen LogP contribution in [0.15, 0.2) is 53.5 Å². The van der Waals surface area contributed by atoms with Gasteiger partial charge in [0, 0.05) is 37.8 Å². The molecule has 1 N–H and O–H groups in total. The van der Waals surface area contributed by atoms with Gasteiger partial charge in [-0.05, 0) is 62.1 Å². The van der Waals surface area contributed by atoms with Crippen LogP contribution in [0, 0.1) is 5.82 Å². The number of piperidine rings is 1. The Kier molecular flexibility index (Phi) is 7.85. The maximum absolute atomic E-state index is 13.2. The average molecular weight is 497 g/mol. The number of anilines is 1. The number of hydrogen-bond acceptors (Lipinski definition) is 5. The standard InChI is InChI=1S/C26H29FN4O3S/c1-17(18-9-11-20(27)12-10-18)30(2)25(34)19-7-6-8-21(15-19)28-23(32)16-22-24(33)29-26(35-22)31-13-4-3-5-14-31/h6-12,15,17,22H,3-5,13-14,16H2,1-2H3,(H,28,32). The molecule has 0 radical (unpaired) electrons. The van der Waals surface area contributed by atoms with Crippen molar-refractivity contribution in [1.29, 1.82) is 0 Å². The summed E-state index contributed by atoms with van der Waals surface area (Å²) in [5.41, 5.74) is 1.72. The monoisotopic (exact) mass is 496 g/mol. The molecule has 7 nitrogen and oxygen atoms in total. The summed E-state index contributed by atoms with van der Waals surface area (Å²) < 4.78 is 13.2. The van der Waals surface area contributed by atoms with Gasteiger partial charge < -0.3 is 15.1 Å². The van der Waals surface area contributed by atoms with Crippen LogP contribution in [0.2, 0.25) is 0 Å². The molecule has 2 aromatic rings. The van der Waals surface area contributed by atoms with E-state index in [2.05, 4.69) is 15.2 Å². The van der Waals surface area contributed by atoms with Crippen molar-refractivity contribution in [2.24, 2.45) is 4.99 Å². The van der Waals surface area contributed by atoms with Gasteiger partial charge in [0.25, 0.3) is 11.8 Å². The zero-order valence-electron chi connectivity index (χ0n) is 19.9. The number of carbonyl (C=O) groups excluding carboxylic acids is 3. The summed E-state index contributed by atoms with van der Waals surface area (Å²) >= 11 is 1.36. The molecule has 1 fully saturated rings. The highest BCUT2D eigenvalue weighted by atomic mass is 32.2. The van der Waals surface area contributed by atoms with Crippen molar-refractivity contribution in [3.05, 3.63) is 65.5 Å². The Morgan fingerprint density at radius 3 is 2.60 bits per heavy atom. The number of carbonyl (C=O) groups is 3. The molecule has 4 rings (SSSR count). The van der Waals surface area contributed by atoms with E-state index in [-0.39, 0.29) is 36.0 Å². The van der Waals surface area contributed by atoms with E-state index < -0.39 is 5.25 Å². The minimum Gasteiger partial charge on any atom is -0.351 e. The molecule has 2 heterocycles. The zero-order chi connectivity index (χ0) is 24.9. The smallest absolute Gasteiger partial charge is 0.262 e. The quantitative estimate of drug-likeness (QED) is 0.638. The third-order valence-electron chi connectivity index (χ3n) is 6.37. The lowest BCUT2D eigenvalue weighted by molar-refractivity contribution is -0.121. The van der Waals surface area contributed by atoms with Gasteiger partial charge in [0.2, 0.25) is 5.91 Å². The van der Waals surface area contributed by atoms with Gasteiger partial charge in [-0.2, -0.15) is 4.99 Å². The number of likely N-dealkylation sites (tertiary alicyclic amines) is 1. The van der Waals surface area contributed by atoms with Crippen LogP contribution in [0.5, 0.6) is 0 Å². The molecule has 1 saturated heterocycles. The van der Waals surface area contributed by atoms with E-state index in [0.717, 1.165) is 36.7 Å². The van der Waals surface area contributed by atoms with Gasteiger partial charge >= 0.3 is 0 Å². The highest BCUT2D eigenvalue weighted by molar-refractivity contribution is 8.15. The Morgan fingerprint density at radius 1 is 1.17 bits per heavy atom. The van der Waals surface area contributed by atoms with E-state index in [1.54, 1.807) is 48.3 Å². The maximum Gasteiger partial charge on any atom is 0.262 e. The highest BCUT2D eigenvalue weighted by Gasteiger charge is 2.33. The number of thioether (sulfide) groups is 1. The molecular formula is C26H29FN4O3S. The van der Waals surface area contributed by atoms with E-state index in [9.17, 15) is 18.8 Å². The summed E-state index contributed by atoms with van der Waals surface area (Å²) in [6, 6.07) is 12.5. The fourth-order valence-corrected chi connectivity index (χ4v) is 5.30. The molecule has 0 aromatic heterocycles. The van der Waals surface area contributed by atoms with Crippen LogP contribution in [-0.4, -0.2) is 58.1 Å². The van der Waals surface area contributed by atoms with Gasteiger partial charge in [0.1, 0.15) is 11.1 Å². The molecule has 2 aromatic carbocycles. The minimum atomic E-state index is -0.528. The second kappa shape index (κ2) is 11.0. The van der Waals surface area contributed by atoms with Gasteiger partial charge in [-0.1, -0.05) is 30.0 Å². The number of nitrogens with one attached hydrogen (secondary N) is 1. The summed E-state index contributed by atoms with van der Waals surface area (Å²) in [7, 11) is 1.68. The van der Waals surface area contributed by atoms with Crippen LogP contribution in [0.3, 0.4) is 0 Å². The van der Waals surface area contributed by atoms with Gasteiger partial charge in [-0.3, -0.25) is 14.4 Å². The molecular weight excluding hydrogens is 467 g/mol. The first-order valence-corrected chi connectivity index (χ1v) is 12.7. The zero-order valence-corrected chi connectivity index (χ0v) is 20.7. The van der Waals surface area contributed by atoms with E-state index in [0.29, 0.717) is 11.3 Å². The van der Waals surface area contributed by atoms with Gasteiger partial charge in [-0.15, -0.1) is 0 Å². The van der Waals surface area contributed by atoms with E-state index in [4.69, 9.17) is 0 Å². The second-order valence-corrected chi connectivity index (χ2v) is 10.0. The third kappa shape index (κ3) is 6.08. The van der Waals surface area contributed by atoms with Crippen LogP contribution >= 0.6 is 11.8 Å². The summed E-state index contributed by atoms with van der Waals surface area (Å²) in [6.45, 7) is 3.66. The first kappa shape index (κ1) is 24.9. The Hall–Kier alpha value is -3.20. The molecule has 2 unspecified atom stereocenters. The molecule has 9 heteroatoms. The number of amides is 3. The molecule has 2 aliphatic rings. The fraction of sp³-hybridized carbons (Fsp3) is 0.385. The van der Waals surface area contributed by atoms with Crippen LogP contribution in [0.25, 0.3) is 0 Å². The van der Waals surface area contributed by atoms with Crippen molar-refractivity contribution in [3.63, 3.8) is 0 Å². The largest absolute Gasteiger partial charge is 0.351 e. The number of amidine groups is 1. The van der Waals surface area contributed by atoms with E-state index in [1.165, 1.54) is 30.3 Å². The van der Waals surface area contributed by atoms with Crippen molar-refractivity contribution in [1.82, 2.24) is 9.80 Å². The number of hydrogen-bond donors (Lipinski definition) is 1. The summed E-state index contributed by atoms with van der Waals surface area (Å²) in [5.74, 6) is -1.13. The van der Waals surface area contributed by atoms with Crippen molar-refractivity contribution in [2.75, 3.05) is 25.5 Å². The number of benzene rings is 2. The van der Waals surface area contributed by atoms with Crippen LogP contribution in [-0.2, 0) is 9.59 Å². The number of aliphatic imine (C=N–C) groups is 1. The summed E-state index contributed by atoms with van der Waals surface area (Å²) in [6.07, 6.45) is 3.39. The van der Waals surface area contributed by atoms with Crippen LogP contribution in [0.1, 0.15) is 54.6 Å². The molecule has 35 heavy (non-hydrogen) atoms. The first-order chi connectivity index (χ1) is 16.8. The molecule has 3 amide bonds. The minimum absolute atomic E-state index is 0.0179. The molecule has 0 aliphatic carbocycles. The van der Waals surface area contributed by atoms with Crippen molar-refractivity contribution in [2.45, 2.75) is 43.9 Å². The number of halogens is 1. The predicted molar refractivity (Wildman–Crippen MR) is 136 cm³/mol. The lowest BCUT2D eigenvalue weighted by Crippen LogP contribution is -2.33. The first-order valence-electron chi connectivity index (χ1n) is 11.8. The van der Waals surface area contributed by atoms with Gasteiger partial charge in [-0.25, -0.2) is 4.39 Å². The lowest BCUT2D eigenvalue weighted by atomic mass is 10.1. The number of nitrogens with zero attached hydrogens (tertiary/aromatic N) is 3. The topological polar surface area (TPSA) is 82.1 Å². The third-order valence-corrected chi connectivity index (χ3v) is 7.59. The normalized spacial score (nSPS) is 18.7. The molecule has 0 saturated carbocycles. The van der Waals surface area contributed by atoms with Crippen molar-refractivity contribution < 1.29 is 18.8 Å². The maximum atomic E-state index is 13.2. The van der Waals surface area contributed by atoms with Crippen LogP contribution < -0.4 is 5.32 Å². The van der Waals surface area contributed by atoms with Gasteiger partial charge in [0.05, 0.1) is 6.04 Å². The molecule has 2 atom stereocenters. The number of rotatable bonds is 6. The Morgan fingerprint density at radius 2 is 1.89 bits per heavy atom. The molecule has 0 spiro atoms.